The molecule has 1 heterocycles. The number of benzene rings is 2. The van der Waals surface area contributed by atoms with Crippen molar-refractivity contribution >= 4 is 29.4 Å². The van der Waals surface area contributed by atoms with E-state index in [1.54, 1.807) is 43.9 Å². The molecule has 0 spiro atoms. The van der Waals surface area contributed by atoms with Crippen molar-refractivity contribution in [1.82, 2.24) is 4.90 Å². The number of likely N-dealkylation sites (tertiary alicyclic amines) is 1. The average Bonchev–Trinajstić information content (AvgIpc) is 3.42. The lowest BCUT2D eigenvalue weighted by molar-refractivity contribution is -0.156. The van der Waals surface area contributed by atoms with Crippen LogP contribution in [0.5, 0.6) is 0 Å². The Morgan fingerprint density at radius 3 is 2.45 bits per heavy atom. The molecule has 9 heteroatoms. The summed E-state index contributed by atoms with van der Waals surface area (Å²) in [4.78, 5) is 40.2. The number of carbonyl (C=O) groups is 3. The van der Waals surface area contributed by atoms with Gasteiger partial charge in [0.2, 0.25) is 0 Å². The van der Waals surface area contributed by atoms with Gasteiger partial charge >= 0.3 is 18.2 Å². The number of carbonyl (C=O) groups excluding carboxylic acids is 3. The fourth-order valence-electron chi connectivity index (χ4n) is 7.03. The number of esters is 1. The zero-order valence-electron chi connectivity index (χ0n) is 24.4. The number of ether oxygens (including phenoxy) is 3. The Morgan fingerprint density at radius 2 is 1.79 bits per heavy atom. The fourth-order valence-corrected chi connectivity index (χ4v) is 7.03. The summed E-state index contributed by atoms with van der Waals surface area (Å²) in [6, 6.07) is 16.3. The molecule has 42 heavy (non-hydrogen) atoms. The molecular weight excluding hydrogens is 536 g/mol. The number of nitrogens with one attached hydrogen (secondary N) is 1. The van der Waals surface area contributed by atoms with Crippen LogP contribution in [0.25, 0.3) is 5.57 Å². The maximum atomic E-state index is 13.0. The number of hydrogen-bond donors (Lipinski definition) is 2. The second-order valence-electron chi connectivity index (χ2n) is 12.3. The normalized spacial score (nSPS) is 27.6. The monoisotopic (exact) mass is 574 g/mol. The maximum absolute atomic E-state index is 13.0. The van der Waals surface area contributed by atoms with Gasteiger partial charge < -0.3 is 24.2 Å². The number of methoxy groups -OCH3 is 1. The molecule has 2 fully saturated rings. The molecule has 1 aliphatic heterocycles. The first-order valence-corrected chi connectivity index (χ1v) is 14.1. The summed E-state index contributed by atoms with van der Waals surface area (Å²) in [5.74, 6) is -1.35. The Kier molecular flexibility index (Phi) is 7.90. The molecule has 2 amide bonds. The molecule has 2 N–H and O–H groups in total. The van der Waals surface area contributed by atoms with E-state index in [1.165, 1.54) is 7.11 Å². The minimum Gasteiger partial charge on any atom is -0.465 e. The minimum absolute atomic E-state index is 0.0366. The highest BCUT2D eigenvalue weighted by atomic mass is 16.6. The Bertz CT molecular complexity index is 1400. The number of anilines is 1. The van der Waals surface area contributed by atoms with Crippen molar-refractivity contribution in [3.8, 4) is 0 Å². The summed E-state index contributed by atoms with van der Waals surface area (Å²) >= 11 is 0. The molecule has 1 saturated heterocycles. The van der Waals surface area contributed by atoms with Crippen LogP contribution < -0.4 is 5.32 Å². The van der Waals surface area contributed by atoms with Gasteiger partial charge in [0.1, 0.15) is 6.61 Å². The van der Waals surface area contributed by atoms with E-state index in [-0.39, 0.29) is 36.9 Å². The number of aliphatic hydroxyl groups excluding tert-OH is 1. The van der Waals surface area contributed by atoms with Crippen molar-refractivity contribution in [2.24, 2.45) is 28.6 Å². The number of hydrogen-bond acceptors (Lipinski definition) is 7. The van der Waals surface area contributed by atoms with Crippen molar-refractivity contribution in [3.63, 3.8) is 0 Å². The first-order valence-electron chi connectivity index (χ1n) is 14.1. The van der Waals surface area contributed by atoms with E-state index in [9.17, 15) is 19.5 Å². The van der Waals surface area contributed by atoms with Gasteiger partial charge in [-0.1, -0.05) is 60.7 Å². The molecule has 1 unspecified atom stereocenters. The highest BCUT2D eigenvalue weighted by Crippen LogP contribution is 2.67. The van der Waals surface area contributed by atoms with E-state index in [0.717, 1.165) is 11.1 Å². The molecule has 2 aromatic rings. The highest BCUT2D eigenvalue weighted by molar-refractivity contribution is 5.91. The lowest BCUT2D eigenvalue weighted by Crippen LogP contribution is -2.53. The fraction of sp³-hybridized carbons (Fsp3) is 0.424. The second-order valence-corrected chi connectivity index (χ2v) is 12.3. The number of para-hydroxylation sites is 1. The third-order valence-electron chi connectivity index (χ3n) is 8.79. The molecule has 6 atom stereocenters. The third kappa shape index (κ3) is 5.06. The molecule has 222 valence electrons. The van der Waals surface area contributed by atoms with Crippen molar-refractivity contribution in [1.29, 1.82) is 0 Å². The summed E-state index contributed by atoms with van der Waals surface area (Å²) in [5.41, 5.74) is 1.44. The predicted molar refractivity (Wildman–Crippen MR) is 157 cm³/mol. The van der Waals surface area contributed by atoms with Crippen LogP contribution in [0.1, 0.15) is 31.9 Å². The second kappa shape index (κ2) is 11.3. The van der Waals surface area contributed by atoms with Crippen molar-refractivity contribution in [3.05, 3.63) is 84.5 Å². The van der Waals surface area contributed by atoms with Gasteiger partial charge in [-0.05, 0) is 38.0 Å². The average molecular weight is 575 g/mol. The minimum atomic E-state index is -0.907. The first-order chi connectivity index (χ1) is 20.0. The predicted octanol–water partition coefficient (Wildman–Crippen LogP) is 5.27. The maximum Gasteiger partial charge on any atom is 0.411 e. The van der Waals surface area contributed by atoms with E-state index in [2.05, 4.69) is 11.9 Å². The van der Waals surface area contributed by atoms with E-state index in [1.807, 2.05) is 48.5 Å². The number of aliphatic hydroxyl groups is 1. The molecule has 9 nitrogen and oxygen atoms in total. The van der Waals surface area contributed by atoms with Crippen LogP contribution >= 0.6 is 0 Å². The number of nitrogens with zero attached hydrogens (tertiary/aromatic N) is 1. The Labute approximate surface area is 246 Å². The van der Waals surface area contributed by atoms with Crippen LogP contribution in [0.4, 0.5) is 15.3 Å². The third-order valence-corrected chi connectivity index (χ3v) is 8.79. The Hall–Kier alpha value is -4.11. The lowest BCUT2D eigenvalue weighted by atomic mass is 9.63. The molecule has 5 rings (SSSR count). The molecule has 2 aliphatic carbocycles. The highest BCUT2D eigenvalue weighted by Gasteiger charge is 2.71. The Balaban J connectivity index is 1.48. The molecule has 4 bridgehead atoms. The SMILES string of the molecule is C=C[C@]12CN(C(=O)OC)[C@@H]3C(COC(=O)C(C)(C)C)[C@H]1[C@H](O)C=C(c1ccccc1NC(=O)OCc1ccccc1)[C@@H]32. The van der Waals surface area contributed by atoms with Gasteiger partial charge in [0.05, 0.1) is 30.9 Å². The van der Waals surface area contributed by atoms with Gasteiger partial charge in [0.25, 0.3) is 0 Å². The summed E-state index contributed by atoms with van der Waals surface area (Å²) in [7, 11) is 1.33. The van der Waals surface area contributed by atoms with Gasteiger partial charge in [-0.3, -0.25) is 10.1 Å². The van der Waals surface area contributed by atoms with Crippen LogP contribution in [0.3, 0.4) is 0 Å². The lowest BCUT2D eigenvalue weighted by Gasteiger charge is -2.45. The van der Waals surface area contributed by atoms with Crippen LogP contribution in [0.15, 0.2) is 73.3 Å². The smallest absolute Gasteiger partial charge is 0.411 e. The van der Waals surface area contributed by atoms with E-state index in [0.29, 0.717) is 17.8 Å². The van der Waals surface area contributed by atoms with Crippen LogP contribution in [-0.4, -0.2) is 60.6 Å². The largest absolute Gasteiger partial charge is 0.465 e. The van der Waals surface area contributed by atoms with Crippen molar-refractivity contribution in [2.75, 3.05) is 25.6 Å². The van der Waals surface area contributed by atoms with Crippen LogP contribution in [0.2, 0.25) is 0 Å². The van der Waals surface area contributed by atoms with Crippen molar-refractivity contribution in [2.45, 2.75) is 39.5 Å². The zero-order chi connectivity index (χ0) is 30.2. The first kappa shape index (κ1) is 29.4. The quantitative estimate of drug-likeness (QED) is 0.263. The molecular formula is C33H38N2O7. The molecule has 0 radical (unpaired) electrons. The standard InChI is InChI=1S/C33H38N2O7/c1-6-33-19-35(31(39)40-5)28-23(18-41-29(37)32(2,3)4)26(33)25(36)16-22(27(28)33)21-14-10-11-15-24(21)34-30(38)42-17-20-12-8-7-9-13-20/h6-16,23,25-28,36H,1,17-19H2,2-5H3,(H,34,38)/t23?,25-,26+,27+,28-,33+/m1/s1. The summed E-state index contributed by atoms with van der Waals surface area (Å²) in [6.45, 7) is 9.95. The molecule has 0 aromatic heterocycles. The number of rotatable bonds is 7. The summed E-state index contributed by atoms with van der Waals surface area (Å²) in [6.07, 6.45) is 1.61. The number of piperidine rings is 1. The van der Waals surface area contributed by atoms with Crippen LogP contribution in [-0.2, 0) is 25.6 Å². The van der Waals surface area contributed by atoms with E-state index >= 15 is 0 Å². The Morgan fingerprint density at radius 1 is 1.10 bits per heavy atom. The number of amides is 2. The van der Waals surface area contributed by atoms with Gasteiger partial charge in [0, 0.05) is 41.3 Å². The zero-order valence-corrected chi connectivity index (χ0v) is 24.4. The van der Waals surface area contributed by atoms with E-state index in [4.69, 9.17) is 14.2 Å². The van der Waals surface area contributed by atoms with Gasteiger partial charge in [0.15, 0.2) is 0 Å². The molecule has 1 saturated carbocycles. The molecule has 3 aliphatic rings. The van der Waals surface area contributed by atoms with E-state index < -0.39 is 35.2 Å². The van der Waals surface area contributed by atoms with Crippen molar-refractivity contribution < 1.29 is 33.7 Å². The van der Waals surface area contributed by atoms with Gasteiger partial charge in [-0.15, -0.1) is 6.58 Å². The summed E-state index contributed by atoms with van der Waals surface area (Å²) < 4.78 is 16.4. The van der Waals surface area contributed by atoms with Gasteiger partial charge in [-0.25, -0.2) is 9.59 Å². The summed E-state index contributed by atoms with van der Waals surface area (Å²) in [5, 5.41) is 14.5. The van der Waals surface area contributed by atoms with Crippen LogP contribution in [0, 0.1) is 28.6 Å². The molecule has 2 aromatic carbocycles. The van der Waals surface area contributed by atoms with Gasteiger partial charge in [-0.2, -0.15) is 0 Å². The topological polar surface area (TPSA) is 114 Å².